The Bertz CT molecular complexity index is 410. The normalized spacial score (nSPS) is 16.4. The topological polar surface area (TPSA) is 86.7 Å². The van der Waals surface area contributed by atoms with E-state index in [-0.39, 0.29) is 17.2 Å². The van der Waals surface area contributed by atoms with Gasteiger partial charge in [0.25, 0.3) is 5.91 Å². The summed E-state index contributed by atoms with van der Waals surface area (Å²) in [4.78, 5) is 35.5. The minimum Gasteiger partial charge on any atom is -0.478 e. The van der Waals surface area contributed by atoms with Crippen molar-refractivity contribution in [2.75, 3.05) is 7.05 Å². The van der Waals surface area contributed by atoms with Crippen molar-refractivity contribution in [3.8, 4) is 0 Å². The van der Waals surface area contributed by atoms with Crippen LogP contribution in [0.1, 0.15) is 33.1 Å². The van der Waals surface area contributed by atoms with Crippen molar-refractivity contribution in [1.82, 2.24) is 10.2 Å². The van der Waals surface area contributed by atoms with E-state index >= 15 is 0 Å². The Labute approximate surface area is 106 Å². The van der Waals surface area contributed by atoms with Crippen molar-refractivity contribution in [3.63, 3.8) is 0 Å². The van der Waals surface area contributed by atoms with Gasteiger partial charge in [0.2, 0.25) is 0 Å². The number of carbonyl (C=O) groups excluding carboxylic acids is 2. The maximum atomic E-state index is 11.7. The van der Waals surface area contributed by atoms with Gasteiger partial charge in [0.1, 0.15) is 0 Å². The molecule has 100 valence electrons. The molecule has 1 rings (SSSR count). The van der Waals surface area contributed by atoms with Crippen molar-refractivity contribution >= 4 is 17.9 Å². The van der Waals surface area contributed by atoms with Gasteiger partial charge >= 0.3 is 12.0 Å². The maximum absolute atomic E-state index is 11.7. The summed E-state index contributed by atoms with van der Waals surface area (Å²) in [6.45, 7) is 2.72. The van der Waals surface area contributed by atoms with Crippen LogP contribution < -0.4 is 5.32 Å². The first kappa shape index (κ1) is 14.2. The van der Waals surface area contributed by atoms with Gasteiger partial charge in [-0.15, -0.1) is 0 Å². The third-order valence-electron chi connectivity index (χ3n) is 3.39. The summed E-state index contributed by atoms with van der Waals surface area (Å²) in [6, 6.07) is -0.301. The van der Waals surface area contributed by atoms with Gasteiger partial charge in [0.15, 0.2) is 0 Å². The molecular formula is C12H18N2O4. The lowest BCUT2D eigenvalue weighted by Crippen LogP contribution is -2.48. The van der Waals surface area contributed by atoms with Crippen LogP contribution in [0.2, 0.25) is 0 Å². The zero-order valence-electron chi connectivity index (χ0n) is 10.8. The number of rotatable bonds is 3. The molecule has 0 heterocycles. The van der Waals surface area contributed by atoms with Crippen molar-refractivity contribution < 1.29 is 19.5 Å². The highest BCUT2D eigenvalue weighted by Gasteiger charge is 2.27. The smallest absolute Gasteiger partial charge is 0.331 e. The molecule has 0 atom stereocenters. The van der Waals surface area contributed by atoms with Crippen LogP contribution >= 0.6 is 0 Å². The van der Waals surface area contributed by atoms with Gasteiger partial charge in [-0.1, -0.05) is 0 Å². The van der Waals surface area contributed by atoms with Gasteiger partial charge in [0.05, 0.1) is 0 Å². The molecule has 0 bridgehead atoms. The van der Waals surface area contributed by atoms with Crippen LogP contribution in [0.4, 0.5) is 4.79 Å². The molecule has 0 aromatic carbocycles. The van der Waals surface area contributed by atoms with Crippen LogP contribution in [-0.4, -0.2) is 41.0 Å². The Kier molecular flexibility index (Phi) is 4.47. The van der Waals surface area contributed by atoms with Crippen LogP contribution in [0.3, 0.4) is 0 Å². The second kappa shape index (κ2) is 5.66. The fraction of sp³-hybridized carbons (Fsp3) is 0.583. The van der Waals surface area contributed by atoms with E-state index in [2.05, 4.69) is 5.32 Å². The number of carboxylic acid groups (broad SMARTS) is 1. The molecule has 0 spiro atoms. The first-order valence-corrected chi connectivity index (χ1v) is 5.83. The molecule has 6 heteroatoms. The van der Waals surface area contributed by atoms with Gasteiger partial charge < -0.3 is 10.0 Å². The molecule has 0 unspecified atom stereocenters. The van der Waals surface area contributed by atoms with E-state index in [1.165, 1.54) is 18.7 Å². The second-order valence-corrected chi connectivity index (χ2v) is 4.51. The maximum Gasteiger partial charge on any atom is 0.331 e. The number of urea groups is 1. The second-order valence-electron chi connectivity index (χ2n) is 4.51. The molecule has 0 aromatic rings. The summed E-state index contributed by atoms with van der Waals surface area (Å²) in [5.74, 6) is -1.83. The van der Waals surface area contributed by atoms with E-state index in [4.69, 9.17) is 5.11 Å². The van der Waals surface area contributed by atoms with Crippen molar-refractivity contribution in [1.29, 1.82) is 0 Å². The number of hydrogen-bond acceptors (Lipinski definition) is 3. The van der Waals surface area contributed by atoms with Crippen LogP contribution in [0.25, 0.3) is 0 Å². The molecule has 1 fully saturated rings. The zero-order chi connectivity index (χ0) is 13.9. The number of nitrogens with zero attached hydrogens (tertiary/aromatic N) is 1. The van der Waals surface area contributed by atoms with Crippen molar-refractivity contribution in [2.24, 2.45) is 0 Å². The fourth-order valence-corrected chi connectivity index (χ4v) is 1.55. The van der Waals surface area contributed by atoms with Crippen molar-refractivity contribution in [3.05, 3.63) is 11.1 Å². The minimum atomic E-state index is -1.16. The Morgan fingerprint density at radius 1 is 1.17 bits per heavy atom. The molecule has 3 amide bonds. The molecule has 6 nitrogen and oxygen atoms in total. The average Bonchev–Trinajstić information content (AvgIpc) is 2.24. The summed E-state index contributed by atoms with van der Waals surface area (Å²) < 4.78 is 0. The third-order valence-corrected chi connectivity index (χ3v) is 3.39. The quantitative estimate of drug-likeness (QED) is 0.739. The minimum absolute atomic E-state index is 0.0397. The molecule has 1 saturated carbocycles. The van der Waals surface area contributed by atoms with E-state index in [0.717, 1.165) is 19.3 Å². The number of carboxylic acids is 1. The SMILES string of the molecule is CC(C(=O)O)=C(C)C(=O)NC(=O)N(C)C1CCC1. The zero-order valence-corrected chi connectivity index (χ0v) is 10.8. The summed E-state index contributed by atoms with van der Waals surface area (Å²) in [5, 5.41) is 10.9. The summed E-state index contributed by atoms with van der Waals surface area (Å²) >= 11 is 0. The van der Waals surface area contributed by atoms with Gasteiger partial charge in [-0.05, 0) is 33.1 Å². The molecular weight excluding hydrogens is 236 g/mol. The fourth-order valence-electron chi connectivity index (χ4n) is 1.55. The average molecular weight is 254 g/mol. The number of imide groups is 1. The largest absolute Gasteiger partial charge is 0.478 e. The van der Waals surface area contributed by atoms with Crippen LogP contribution in [0.5, 0.6) is 0 Å². The number of hydrogen-bond donors (Lipinski definition) is 2. The van der Waals surface area contributed by atoms with Crippen molar-refractivity contribution in [2.45, 2.75) is 39.2 Å². The number of nitrogens with one attached hydrogen (secondary N) is 1. The molecule has 1 aliphatic carbocycles. The summed E-state index contributed by atoms with van der Waals surface area (Å²) in [5.41, 5.74) is -0.0237. The predicted octanol–water partition coefficient (Wildman–Crippen LogP) is 1.13. The molecule has 1 aliphatic rings. The third kappa shape index (κ3) is 3.09. The Morgan fingerprint density at radius 2 is 1.72 bits per heavy atom. The Morgan fingerprint density at radius 3 is 2.11 bits per heavy atom. The lowest BCUT2D eigenvalue weighted by molar-refractivity contribution is -0.133. The van der Waals surface area contributed by atoms with Crippen LogP contribution in [0, 0.1) is 0 Å². The molecule has 0 saturated heterocycles. The predicted molar refractivity (Wildman–Crippen MR) is 65.0 cm³/mol. The number of amides is 3. The van der Waals surface area contributed by atoms with E-state index in [1.54, 1.807) is 7.05 Å². The lowest BCUT2D eigenvalue weighted by Gasteiger charge is -2.34. The highest BCUT2D eigenvalue weighted by Crippen LogP contribution is 2.23. The molecule has 0 radical (unpaired) electrons. The summed E-state index contributed by atoms with van der Waals surface area (Å²) in [6.07, 6.45) is 2.98. The highest BCUT2D eigenvalue weighted by atomic mass is 16.4. The highest BCUT2D eigenvalue weighted by molar-refractivity contribution is 6.07. The first-order chi connectivity index (χ1) is 8.34. The molecule has 18 heavy (non-hydrogen) atoms. The Hall–Kier alpha value is -1.85. The van der Waals surface area contributed by atoms with Gasteiger partial charge in [-0.25, -0.2) is 9.59 Å². The van der Waals surface area contributed by atoms with Gasteiger partial charge in [-0.3, -0.25) is 10.1 Å². The molecule has 0 aliphatic heterocycles. The lowest BCUT2D eigenvalue weighted by atomic mass is 9.92. The van der Waals surface area contributed by atoms with Gasteiger partial charge in [-0.2, -0.15) is 0 Å². The number of carbonyl (C=O) groups is 3. The number of aliphatic carboxylic acids is 1. The summed E-state index contributed by atoms with van der Waals surface area (Å²) in [7, 11) is 1.63. The van der Waals surface area contributed by atoms with E-state index in [1.807, 2.05) is 0 Å². The molecule has 2 N–H and O–H groups in total. The first-order valence-electron chi connectivity index (χ1n) is 5.83. The monoisotopic (exact) mass is 254 g/mol. The van der Waals surface area contributed by atoms with Crippen LogP contribution in [0.15, 0.2) is 11.1 Å². The Balaban J connectivity index is 2.61. The van der Waals surface area contributed by atoms with Gasteiger partial charge in [0, 0.05) is 24.2 Å². The van der Waals surface area contributed by atoms with E-state index in [0.29, 0.717) is 0 Å². The van der Waals surface area contributed by atoms with Crippen LogP contribution in [-0.2, 0) is 9.59 Å². The van der Waals surface area contributed by atoms with E-state index in [9.17, 15) is 14.4 Å². The molecule has 0 aromatic heterocycles. The van der Waals surface area contributed by atoms with E-state index < -0.39 is 17.9 Å². The standard InChI is InChI=1S/C12H18N2O4/c1-7(8(2)11(16)17)10(15)13-12(18)14(3)9-5-4-6-9/h9H,4-6H2,1-3H3,(H,16,17)(H,13,15,18).